The van der Waals surface area contributed by atoms with Crippen molar-refractivity contribution in [3.63, 3.8) is 0 Å². The van der Waals surface area contributed by atoms with Gasteiger partial charge in [0.05, 0.1) is 32.0 Å². The summed E-state index contributed by atoms with van der Waals surface area (Å²) in [5.74, 6) is -0.182. The lowest BCUT2D eigenvalue weighted by Crippen LogP contribution is -2.60. The summed E-state index contributed by atoms with van der Waals surface area (Å²) in [6, 6.07) is -0.825. The maximum Gasteiger partial charge on any atom is 0.305 e. The van der Waals surface area contributed by atoms with Crippen LogP contribution >= 0.6 is 0 Å². The first-order valence-corrected chi connectivity index (χ1v) is 36.4. The van der Waals surface area contributed by atoms with Crippen molar-refractivity contribution in [2.24, 2.45) is 0 Å². The minimum atomic E-state index is -1.58. The Labute approximate surface area is 523 Å². The van der Waals surface area contributed by atoms with E-state index >= 15 is 0 Å². The molecule has 0 aromatic heterocycles. The van der Waals surface area contributed by atoms with Gasteiger partial charge < -0.3 is 45.1 Å². The van der Waals surface area contributed by atoms with Gasteiger partial charge in [0.2, 0.25) is 5.91 Å². The molecule has 1 aliphatic heterocycles. The van der Waals surface area contributed by atoms with Crippen LogP contribution in [-0.2, 0) is 23.8 Å². The van der Waals surface area contributed by atoms with Gasteiger partial charge in [-0.15, -0.1) is 0 Å². The number of hydrogen-bond donors (Lipinski definition) is 6. The molecule has 6 N–H and O–H groups in total. The van der Waals surface area contributed by atoms with Crippen LogP contribution in [0.1, 0.15) is 348 Å². The molecule has 11 nitrogen and oxygen atoms in total. The van der Waals surface area contributed by atoms with E-state index in [-0.39, 0.29) is 18.5 Å². The predicted octanol–water partition coefficient (Wildman–Crippen LogP) is 18.7. The Hall–Kier alpha value is -2.38. The molecule has 0 spiro atoms. The third kappa shape index (κ3) is 52.1. The Kier molecular flexibility index (Phi) is 60.0. The quantitative estimate of drug-likeness (QED) is 0.0195. The van der Waals surface area contributed by atoms with Crippen molar-refractivity contribution in [1.82, 2.24) is 5.32 Å². The average molecular weight is 1200 g/mol. The number of hydrogen-bond acceptors (Lipinski definition) is 10. The Morgan fingerprint density at radius 3 is 1.26 bits per heavy atom. The fraction of sp³-hybridized carbons (Fsp3) is 0.865. The van der Waals surface area contributed by atoms with Crippen molar-refractivity contribution in [3.05, 3.63) is 48.6 Å². The van der Waals surface area contributed by atoms with E-state index in [0.29, 0.717) is 19.4 Å². The summed E-state index contributed by atoms with van der Waals surface area (Å²) in [5.41, 5.74) is 0. The van der Waals surface area contributed by atoms with Crippen LogP contribution in [0.4, 0.5) is 0 Å². The molecule has 85 heavy (non-hydrogen) atoms. The number of aliphatic hydroxyl groups is 5. The van der Waals surface area contributed by atoms with E-state index < -0.39 is 49.5 Å². The molecular formula is C74H137NO10. The van der Waals surface area contributed by atoms with Gasteiger partial charge in [0.1, 0.15) is 24.4 Å². The van der Waals surface area contributed by atoms with Crippen LogP contribution < -0.4 is 5.32 Å². The second-order valence-electron chi connectivity index (χ2n) is 25.3. The van der Waals surface area contributed by atoms with Crippen LogP contribution in [0.2, 0.25) is 0 Å². The van der Waals surface area contributed by atoms with Crippen LogP contribution in [0.25, 0.3) is 0 Å². The van der Waals surface area contributed by atoms with Gasteiger partial charge in [-0.1, -0.05) is 306 Å². The summed E-state index contributed by atoms with van der Waals surface area (Å²) < 4.78 is 16.7. The third-order valence-electron chi connectivity index (χ3n) is 17.2. The monoisotopic (exact) mass is 1200 g/mol. The van der Waals surface area contributed by atoms with E-state index in [1.54, 1.807) is 6.08 Å². The van der Waals surface area contributed by atoms with Gasteiger partial charge in [0.15, 0.2) is 6.29 Å². The van der Waals surface area contributed by atoms with Crippen LogP contribution in [0.3, 0.4) is 0 Å². The highest BCUT2D eigenvalue weighted by atomic mass is 16.7. The van der Waals surface area contributed by atoms with Gasteiger partial charge in [-0.05, 0) is 77.0 Å². The van der Waals surface area contributed by atoms with Gasteiger partial charge >= 0.3 is 5.97 Å². The molecule has 0 aliphatic carbocycles. The molecule has 1 amide bonds. The number of esters is 1. The fourth-order valence-electron chi connectivity index (χ4n) is 11.4. The number of carbonyl (C=O) groups is 2. The summed E-state index contributed by atoms with van der Waals surface area (Å²) in [6.07, 6.45) is 72.8. The van der Waals surface area contributed by atoms with Gasteiger partial charge in [-0.2, -0.15) is 0 Å². The fourth-order valence-corrected chi connectivity index (χ4v) is 11.4. The second kappa shape index (κ2) is 63.2. The van der Waals surface area contributed by atoms with Crippen molar-refractivity contribution in [3.8, 4) is 0 Å². The Balaban J connectivity index is 1.91. The standard InChI is InChI=1S/C74H137NO10/c1-3-5-7-9-11-13-14-15-35-39-42-46-50-54-58-62-70(79)83-63-59-55-51-47-43-40-37-34-32-30-28-26-24-22-20-18-16-17-19-21-23-25-27-29-31-33-36-38-41-45-49-53-57-61-69(78)75-66(67(77)60-56-52-48-44-12-10-8-6-4-2)65-84-74-73(82)72(81)71(80)68(64-76)85-74/h12,20,22,26,28,44,56,60,66-68,71-74,76-77,80-82H,3-11,13-19,21,23-25,27,29-43,45-55,57-59,61-65H2,1-2H3,(H,75,78)/b22-20-,28-26-,44-12+,60-56+. The molecule has 498 valence electrons. The van der Waals surface area contributed by atoms with Crippen molar-refractivity contribution in [2.45, 2.75) is 391 Å². The van der Waals surface area contributed by atoms with Crippen LogP contribution in [0.15, 0.2) is 48.6 Å². The number of aliphatic hydroxyl groups excluding tert-OH is 5. The van der Waals surface area contributed by atoms with Crippen LogP contribution in [-0.4, -0.2) is 100 Å². The highest BCUT2D eigenvalue weighted by Crippen LogP contribution is 2.23. The number of carbonyl (C=O) groups excluding carboxylic acids is 2. The molecule has 1 aliphatic rings. The topological polar surface area (TPSA) is 175 Å². The molecule has 0 radical (unpaired) electrons. The minimum Gasteiger partial charge on any atom is -0.466 e. The molecular weight excluding hydrogens is 1060 g/mol. The van der Waals surface area contributed by atoms with Crippen molar-refractivity contribution < 1.29 is 49.3 Å². The zero-order valence-corrected chi connectivity index (χ0v) is 55.3. The lowest BCUT2D eigenvalue weighted by atomic mass is 9.99. The third-order valence-corrected chi connectivity index (χ3v) is 17.2. The highest BCUT2D eigenvalue weighted by molar-refractivity contribution is 5.76. The number of nitrogens with one attached hydrogen (secondary N) is 1. The van der Waals surface area contributed by atoms with E-state index in [1.165, 1.54) is 263 Å². The lowest BCUT2D eigenvalue weighted by Gasteiger charge is -2.40. The molecule has 0 aromatic carbocycles. The van der Waals surface area contributed by atoms with E-state index in [0.717, 1.165) is 57.8 Å². The molecule has 0 bridgehead atoms. The smallest absolute Gasteiger partial charge is 0.305 e. The van der Waals surface area contributed by atoms with Gasteiger partial charge in [0, 0.05) is 12.8 Å². The highest BCUT2D eigenvalue weighted by Gasteiger charge is 2.44. The second-order valence-corrected chi connectivity index (χ2v) is 25.3. The van der Waals surface area contributed by atoms with Gasteiger partial charge in [-0.25, -0.2) is 0 Å². The van der Waals surface area contributed by atoms with Crippen LogP contribution in [0.5, 0.6) is 0 Å². The maximum absolute atomic E-state index is 13.0. The molecule has 7 atom stereocenters. The van der Waals surface area contributed by atoms with Gasteiger partial charge in [0.25, 0.3) is 0 Å². The zero-order chi connectivity index (χ0) is 61.6. The molecule has 1 saturated heterocycles. The number of unbranched alkanes of at least 4 members (excludes halogenated alkanes) is 44. The summed E-state index contributed by atoms with van der Waals surface area (Å²) >= 11 is 0. The first-order valence-electron chi connectivity index (χ1n) is 36.4. The summed E-state index contributed by atoms with van der Waals surface area (Å²) in [5, 5.41) is 54.2. The number of rotatable bonds is 64. The number of ether oxygens (including phenoxy) is 3. The normalized spacial score (nSPS) is 18.2. The van der Waals surface area contributed by atoms with E-state index in [2.05, 4.69) is 55.6 Å². The summed E-state index contributed by atoms with van der Waals surface area (Å²) in [4.78, 5) is 25.1. The average Bonchev–Trinajstić information content (AvgIpc) is 3.62. The maximum atomic E-state index is 13.0. The number of amides is 1. The van der Waals surface area contributed by atoms with E-state index in [4.69, 9.17) is 14.2 Å². The first-order chi connectivity index (χ1) is 41.7. The molecule has 11 heteroatoms. The summed E-state index contributed by atoms with van der Waals surface area (Å²) in [6.45, 7) is 4.31. The van der Waals surface area contributed by atoms with Crippen molar-refractivity contribution in [1.29, 1.82) is 0 Å². The van der Waals surface area contributed by atoms with E-state index in [1.807, 2.05) is 6.08 Å². The Bertz CT molecular complexity index is 1550. The van der Waals surface area contributed by atoms with Gasteiger partial charge in [-0.3, -0.25) is 9.59 Å². The largest absolute Gasteiger partial charge is 0.466 e. The van der Waals surface area contributed by atoms with Crippen LogP contribution in [0, 0.1) is 0 Å². The SMILES string of the molecule is CCCCC/C=C/CC/C=C/C(O)C(COC1OC(CO)C(O)C(O)C1O)NC(=O)CCCCCCCCCCCCCCCCCCC/C=C\C/C=C\CCCCCCCCCCCOC(=O)CCCCCCCCCCCCCCCCC. The molecule has 1 fully saturated rings. The van der Waals surface area contributed by atoms with Crippen molar-refractivity contribution >= 4 is 11.9 Å². The Morgan fingerprint density at radius 2 is 0.800 bits per heavy atom. The summed E-state index contributed by atoms with van der Waals surface area (Å²) in [7, 11) is 0. The Morgan fingerprint density at radius 1 is 0.435 bits per heavy atom. The molecule has 1 rings (SSSR count). The first kappa shape index (κ1) is 80.6. The lowest BCUT2D eigenvalue weighted by molar-refractivity contribution is -0.302. The minimum absolute atomic E-state index is 0.00973. The van der Waals surface area contributed by atoms with E-state index in [9.17, 15) is 35.1 Å². The molecule has 7 unspecified atom stereocenters. The van der Waals surface area contributed by atoms with Crippen molar-refractivity contribution in [2.75, 3.05) is 19.8 Å². The molecule has 0 saturated carbocycles. The molecule has 1 heterocycles. The predicted molar refractivity (Wildman–Crippen MR) is 357 cm³/mol. The number of allylic oxidation sites excluding steroid dienone is 7. The molecule has 0 aromatic rings. The zero-order valence-electron chi connectivity index (χ0n) is 55.3.